The third-order valence-corrected chi connectivity index (χ3v) is 3.33. The molecule has 2 aromatic rings. The van der Waals surface area contributed by atoms with E-state index in [0.717, 1.165) is 0 Å². The van der Waals surface area contributed by atoms with Gasteiger partial charge in [0.2, 0.25) is 0 Å². The maximum Gasteiger partial charge on any atom is 0.283 e. The molecule has 9 heteroatoms. The van der Waals surface area contributed by atoms with E-state index in [0.29, 0.717) is 22.3 Å². The maximum atomic E-state index is 11.1. The lowest BCUT2D eigenvalue weighted by atomic mass is 10.2. The van der Waals surface area contributed by atoms with E-state index in [9.17, 15) is 10.1 Å². The van der Waals surface area contributed by atoms with Gasteiger partial charge < -0.3 is 9.84 Å². The number of likely N-dealkylation sites (N-methyl/N-ethyl adjacent to an activating group) is 1. The van der Waals surface area contributed by atoms with Gasteiger partial charge in [0.1, 0.15) is 5.56 Å². The third-order valence-electron chi connectivity index (χ3n) is 2.84. The van der Waals surface area contributed by atoms with Crippen molar-refractivity contribution >= 4 is 34.0 Å². The summed E-state index contributed by atoms with van der Waals surface area (Å²) in [5.41, 5.74) is 0.241. The molecule has 0 aliphatic heterocycles. The highest BCUT2D eigenvalue weighted by Crippen LogP contribution is 2.31. The number of nitrogens with zero attached hydrogens (tertiary/aromatic N) is 3. The Morgan fingerprint density at radius 1 is 1.52 bits per heavy atom. The molecule has 1 aromatic heterocycles. The van der Waals surface area contributed by atoms with Gasteiger partial charge in [-0.2, -0.15) is 4.98 Å². The second-order valence-corrected chi connectivity index (χ2v) is 5.24. The summed E-state index contributed by atoms with van der Waals surface area (Å²) in [5, 5.41) is 18.0. The van der Waals surface area contributed by atoms with E-state index in [1.165, 1.54) is 6.07 Å². The predicted molar refractivity (Wildman–Crippen MR) is 83.6 cm³/mol. The van der Waals surface area contributed by atoms with Crippen molar-refractivity contribution in [3.63, 3.8) is 0 Å². The first-order valence-corrected chi connectivity index (χ1v) is 6.74. The molecule has 0 amide bonds. The number of hydrogen-bond donors (Lipinski definition) is 1. The molecule has 1 aromatic carbocycles. The molecule has 7 nitrogen and oxygen atoms in total. The zero-order chi connectivity index (χ0) is 14.7. The van der Waals surface area contributed by atoms with Gasteiger partial charge in [0.05, 0.1) is 4.92 Å². The van der Waals surface area contributed by atoms with Crippen molar-refractivity contribution in [1.82, 2.24) is 15.5 Å². The largest absolute Gasteiger partial charge is 0.334 e. The van der Waals surface area contributed by atoms with Crippen molar-refractivity contribution < 1.29 is 9.45 Å². The number of nitro groups is 1. The minimum Gasteiger partial charge on any atom is -0.334 e. The predicted octanol–water partition coefficient (Wildman–Crippen LogP) is 2.98. The van der Waals surface area contributed by atoms with Crippen molar-refractivity contribution in [3.8, 4) is 11.5 Å². The van der Waals surface area contributed by atoms with Crippen LogP contribution in [0.4, 0.5) is 5.69 Å². The van der Waals surface area contributed by atoms with Gasteiger partial charge in [-0.15, -0.1) is 12.4 Å². The summed E-state index contributed by atoms with van der Waals surface area (Å²) in [7, 11) is 1.84. The molecular formula is C12H14BrClN4O3. The van der Waals surface area contributed by atoms with Crippen LogP contribution in [0, 0.1) is 10.1 Å². The molecule has 1 N–H and O–H groups in total. The minimum atomic E-state index is -0.472. The van der Waals surface area contributed by atoms with E-state index >= 15 is 0 Å². The van der Waals surface area contributed by atoms with Crippen LogP contribution < -0.4 is 5.32 Å². The lowest BCUT2D eigenvalue weighted by Gasteiger charge is -2.04. The normalized spacial score (nSPS) is 11.8. The molecule has 1 unspecified atom stereocenters. The van der Waals surface area contributed by atoms with E-state index in [2.05, 4.69) is 31.4 Å². The maximum absolute atomic E-state index is 11.1. The van der Waals surface area contributed by atoms with Gasteiger partial charge in [0, 0.05) is 23.0 Å². The van der Waals surface area contributed by atoms with Gasteiger partial charge in [0.15, 0.2) is 5.82 Å². The lowest BCUT2D eigenvalue weighted by molar-refractivity contribution is -0.384. The van der Waals surface area contributed by atoms with Crippen LogP contribution >= 0.6 is 28.3 Å². The Bertz CT molecular complexity index is 635. The topological polar surface area (TPSA) is 94.1 Å². The molecule has 1 atom stereocenters. The standard InChI is InChI=1S/C12H13BrN4O3.ClH/c1-7(14-2)5-11-15-12(20-16-11)9-4-3-8(13)6-10(9)17(18)19;/h3-4,6-7,14H,5H2,1-2H3;1H. The fraction of sp³-hybridized carbons (Fsp3) is 0.333. The number of aromatic nitrogens is 2. The summed E-state index contributed by atoms with van der Waals surface area (Å²) < 4.78 is 5.74. The van der Waals surface area contributed by atoms with E-state index in [1.807, 2.05) is 14.0 Å². The number of benzene rings is 1. The number of nitrogens with one attached hydrogen (secondary N) is 1. The van der Waals surface area contributed by atoms with Crippen LogP contribution in [0.25, 0.3) is 11.5 Å². The van der Waals surface area contributed by atoms with Crippen molar-refractivity contribution in [3.05, 3.63) is 38.6 Å². The Kier molecular flexibility index (Phi) is 6.25. The Morgan fingerprint density at radius 2 is 2.24 bits per heavy atom. The highest BCUT2D eigenvalue weighted by molar-refractivity contribution is 9.10. The van der Waals surface area contributed by atoms with Crippen molar-refractivity contribution in [2.75, 3.05) is 7.05 Å². The Labute approximate surface area is 135 Å². The quantitative estimate of drug-likeness (QED) is 0.636. The average Bonchev–Trinajstić information content (AvgIpc) is 2.86. The van der Waals surface area contributed by atoms with Crippen LogP contribution in [-0.4, -0.2) is 28.2 Å². The van der Waals surface area contributed by atoms with Gasteiger partial charge in [0.25, 0.3) is 11.6 Å². The van der Waals surface area contributed by atoms with Crippen LogP contribution in [0.15, 0.2) is 27.2 Å². The van der Waals surface area contributed by atoms with Crippen molar-refractivity contribution in [2.24, 2.45) is 0 Å². The highest BCUT2D eigenvalue weighted by Gasteiger charge is 2.21. The minimum absolute atomic E-state index is 0. The molecule has 0 fully saturated rings. The molecule has 21 heavy (non-hydrogen) atoms. The smallest absolute Gasteiger partial charge is 0.283 e. The van der Waals surface area contributed by atoms with E-state index in [-0.39, 0.29) is 30.0 Å². The summed E-state index contributed by atoms with van der Waals surface area (Å²) in [6.07, 6.45) is 0.588. The van der Waals surface area contributed by atoms with E-state index < -0.39 is 4.92 Å². The van der Waals surface area contributed by atoms with E-state index in [1.54, 1.807) is 12.1 Å². The fourth-order valence-corrected chi connectivity index (χ4v) is 2.01. The molecule has 0 spiro atoms. The number of nitro benzene ring substituents is 1. The highest BCUT2D eigenvalue weighted by atomic mass is 79.9. The van der Waals surface area contributed by atoms with E-state index in [4.69, 9.17) is 4.52 Å². The molecule has 0 aliphatic rings. The Morgan fingerprint density at radius 3 is 2.86 bits per heavy atom. The van der Waals surface area contributed by atoms with Crippen LogP contribution in [0.5, 0.6) is 0 Å². The van der Waals surface area contributed by atoms with Crippen molar-refractivity contribution in [2.45, 2.75) is 19.4 Å². The van der Waals surface area contributed by atoms with Crippen LogP contribution in [0.1, 0.15) is 12.7 Å². The molecule has 1 heterocycles. The first-order valence-electron chi connectivity index (χ1n) is 5.95. The second kappa shape index (κ2) is 7.48. The summed E-state index contributed by atoms with van der Waals surface area (Å²) in [6, 6.07) is 4.89. The molecule has 2 rings (SSSR count). The monoisotopic (exact) mass is 376 g/mol. The molecule has 114 valence electrons. The molecule has 0 saturated heterocycles. The number of hydrogen-bond acceptors (Lipinski definition) is 6. The van der Waals surface area contributed by atoms with Gasteiger partial charge in [-0.05, 0) is 26.1 Å². The molecule has 0 aliphatic carbocycles. The number of halogens is 2. The average molecular weight is 378 g/mol. The van der Waals surface area contributed by atoms with Gasteiger partial charge >= 0.3 is 0 Å². The van der Waals surface area contributed by atoms with Gasteiger partial charge in [-0.1, -0.05) is 21.1 Å². The van der Waals surface area contributed by atoms with Gasteiger partial charge in [-0.25, -0.2) is 0 Å². The molecule has 0 saturated carbocycles. The summed E-state index contributed by atoms with van der Waals surface area (Å²) in [5.74, 6) is 0.668. The summed E-state index contributed by atoms with van der Waals surface area (Å²) >= 11 is 3.21. The molecular weight excluding hydrogens is 364 g/mol. The Hall–Kier alpha value is -1.51. The fourth-order valence-electron chi connectivity index (χ4n) is 1.66. The summed E-state index contributed by atoms with van der Waals surface area (Å²) in [4.78, 5) is 14.8. The number of rotatable bonds is 5. The van der Waals surface area contributed by atoms with Crippen LogP contribution in [-0.2, 0) is 6.42 Å². The van der Waals surface area contributed by atoms with Gasteiger partial charge in [-0.3, -0.25) is 10.1 Å². The zero-order valence-electron chi connectivity index (χ0n) is 11.4. The zero-order valence-corrected chi connectivity index (χ0v) is 13.8. The molecule has 0 bridgehead atoms. The van der Waals surface area contributed by atoms with Crippen LogP contribution in [0.2, 0.25) is 0 Å². The third kappa shape index (κ3) is 4.23. The SMILES string of the molecule is CNC(C)Cc1noc(-c2ccc(Br)cc2[N+](=O)[O-])n1.Cl. The lowest BCUT2D eigenvalue weighted by Crippen LogP contribution is -2.24. The second-order valence-electron chi connectivity index (χ2n) is 4.33. The van der Waals surface area contributed by atoms with Crippen LogP contribution in [0.3, 0.4) is 0 Å². The molecule has 0 radical (unpaired) electrons. The first kappa shape index (κ1) is 17.5. The Balaban J connectivity index is 0.00000220. The van der Waals surface area contributed by atoms with Crippen molar-refractivity contribution in [1.29, 1.82) is 0 Å². The summed E-state index contributed by atoms with van der Waals surface area (Å²) in [6.45, 7) is 1.98. The first-order chi connectivity index (χ1) is 9.51.